The molecule has 0 spiro atoms. The fourth-order valence-corrected chi connectivity index (χ4v) is 3.52. The molecule has 1 saturated heterocycles. The van der Waals surface area contributed by atoms with E-state index >= 15 is 0 Å². The highest BCUT2D eigenvalue weighted by Crippen LogP contribution is 2.26. The summed E-state index contributed by atoms with van der Waals surface area (Å²) in [4.78, 5) is 14.2. The van der Waals surface area contributed by atoms with Crippen molar-refractivity contribution in [2.24, 2.45) is 0 Å². The van der Waals surface area contributed by atoms with Gasteiger partial charge in [-0.15, -0.1) is 5.10 Å². The van der Waals surface area contributed by atoms with Crippen LogP contribution in [-0.2, 0) is 4.74 Å². The molecule has 0 saturated carbocycles. The van der Waals surface area contributed by atoms with Gasteiger partial charge in [0.2, 0.25) is 0 Å². The standard InChI is InChI=1S/C20H24N6O2/c1-12-4-5-17(13(2)10-12)26-24-14(3)19(25-26)20(27)21-18-11-16(22-23-18)15-6-8-28-9-7-15/h4-5,10-11,15H,6-9H2,1-3H3,(H2,21,22,23,27). The number of nitrogens with one attached hydrogen (secondary N) is 2. The van der Waals surface area contributed by atoms with Crippen LogP contribution in [0.2, 0.25) is 0 Å². The van der Waals surface area contributed by atoms with Crippen LogP contribution >= 0.6 is 0 Å². The zero-order chi connectivity index (χ0) is 19.7. The van der Waals surface area contributed by atoms with Gasteiger partial charge >= 0.3 is 0 Å². The van der Waals surface area contributed by atoms with Gasteiger partial charge in [0.15, 0.2) is 11.5 Å². The Bertz CT molecular complexity index is 1000. The summed E-state index contributed by atoms with van der Waals surface area (Å²) in [5, 5.41) is 18.9. The van der Waals surface area contributed by atoms with Crippen molar-refractivity contribution in [3.63, 3.8) is 0 Å². The number of benzene rings is 1. The molecule has 0 aliphatic carbocycles. The van der Waals surface area contributed by atoms with Gasteiger partial charge in [0, 0.05) is 30.9 Å². The number of rotatable bonds is 4. The van der Waals surface area contributed by atoms with Gasteiger partial charge in [-0.1, -0.05) is 17.7 Å². The van der Waals surface area contributed by atoms with E-state index in [0.717, 1.165) is 43.0 Å². The monoisotopic (exact) mass is 380 g/mol. The fourth-order valence-electron chi connectivity index (χ4n) is 3.52. The van der Waals surface area contributed by atoms with Crippen molar-refractivity contribution >= 4 is 11.7 Å². The molecule has 3 aromatic rings. The third-order valence-electron chi connectivity index (χ3n) is 5.07. The van der Waals surface area contributed by atoms with Crippen molar-refractivity contribution in [2.45, 2.75) is 39.5 Å². The van der Waals surface area contributed by atoms with Crippen LogP contribution < -0.4 is 5.32 Å². The average molecular weight is 380 g/mol. The van der Waals surface area contributed by atoms with Crippen LogP contribution in [0, 0.1) is 20.8 Å². The van der Waals surface area contributed by atoms with Gasteiger partial charge in [0.25, 0.3) is 5.91 Å². The number of amides is 1. The van der Waals surface area contributed by atoms with Gasteiger partial charge in [-0.3, -0.25) is 9.89 Å². The van der Waals surface area contributed by atoms with Crippen LogP contribution in [0.3, 0.4) is 0 Å². The van der Waals surface area contributed by atoms with E-state index in [1.165, 1.54) is 10.4 Å². The molecule has 1 aliphatic rings. The minimum atomic E-state index is -0.321. The second kappa shape index (κ2) is 7.55. The minimum absolute atomic E-state index is 0.288. The quantitative estimate of drug-likeness (QED) is 0.725. The molecule has 8 nitrogen and oxygen atoms in total. The van der Waals surface area contributed by atoms with Crippen molar-refractivity contribution in [2.75, 3.05) is 18.5 Å². The number of aromatic amines is 1. The number of H-pyrrole nitrogens is 1. The first-order valence-electron chi connectivity index (χ1n) is 9.47. The topological polar surface area (TPSA) is 97.7 Å². The van der Waals surface area contributed by atoms with E-state index < -0.39 is 0 Å². The zero-order valence-corrected chi connectivity index (χ0v) is 16.3. The molecular formula is C20H24N6O2. The number of hydrogen-bond donors (Lipinski definition) is 2. The molecule has 0 radical (unpaired) electrons. The highest BCUT2D eigenvalue weighted by atomic mass is 16.5. The first kappa shape index (κ1) is 18.4. The van der Waals surface area contributed by atoms with Crippen molar-refractivity contribution in [1.29, 1.82) is 0 Å². The van der Waals surface area contributed by atoms with Crippen molar-refractivity contribution in [3.05, 3.63) is 52.5 Å². The van der Waals surface area contributed by atoms with Crippen LogP contribution in [0.5, 0.6) is 0 Å². The molecule has 1 fully saturated rings. The normalized spacial score (nSPS) is 15.0. The van der Waals surface area contributed by atoms with E-state index in [1.807, 2.05) is 32.0 Å². The van der Waals surface area contributed by atoms with Crippen molar-refractivity contribution in [1.82, 2.24) is 25.2 Å². The van der Waals surface area contributed by atoms with E-state index in [9.17, 15) is 4.79 Å². The molecular weight excluding hydrogens is 356 g/mol. The number of nitrogens with zero attached hydrogens (tertiary/aromatic N) is 4. The highest BCUT2D eigenvalue weighted by Gasteiger charge is 2.21. The molecule has 1 aromatic carbocycles. The maximum Gasteiger partial charge on any atom is 0.279 e. The molecule has 1 aliphatic heterocycles. The minimum Gasteiger partial charge on any atom is -0.381 e. The number of hydrogen-bond acceptors (Lipinski definition) is 5. The molecule has 146 valence electrons. The smallest absolute Gasteiger partial charge is 0.279 e. The van der Waals surface area contributed by atoms with Crippen LogP contribution in [-0.4, -0.2) is 44.3 Å². The summed E-state index contributed by atoms with van der Waals surface area (Å²) in [6.45, 7) is 7.33. The molecule has 3 heterocycles. The summed E-state index contributed by atoms with van der Waals surface area (Å²) in [5.41, 5.74) is 4.95. The summed E-state index contributed by atoms with van der Waals surface area (Å²) in [7, 11) is 0. The fraction of sp³-hybridized carbons (Fsp3) is 0.400. The number of carbonyl (C=O) groups is 1. The molecule has 4 rings (SSSR count). The summed E-state index contributed by atoms with van der Waals surface area (Å²) in [5.74, 6) is 0.560. The van der Waals surface area contributed by atoms with Crippen LogP contribution in [0.1, 0.15) is 51.8 Å². The second-order valence-electron chi connectivity index (χ2n) is 7.26. The maximum atomic E-state index is 12.7. The summed E-state index contributed by atoms with van der Waals surface area (Å²) in [6, 6.07) is 7.91. The lowest BCUT2D eigenvalue weighted by molar-refractivity contribution is 0.0845. The Morgan fingerprint density at radius 2 is 1.96 bits per heavy atom. The molecule has 8 heteroatoms. The van der Waals surface area contributed by atoms with Crippen LogP contribution in [0.4, 0.5) is 5.82 Å². The van der Waals surface area contributed by atoms with Gasteiger partial charge in [-0.2, -0.15) is 15.0 Å². The van der Waals surface area contributed by atoms with E-state index in [0.29, 0.717) is 17.4 Å². The molecule has 2 aromatic heterocycles. The summed E-state index contributed by atoms with van der Waals surface area (Å²) < 4.78 is 5.40. The highest BCUT2D eigenvalue weighted by molar-refractivity contribution is 6.03. The Hall–Kier alpha value is -3.00. The van der Waals surface area contributed by atoms with E-state index in [2.05, 4.69) is 31.8 Å². The molecule has 0 bridgehead atoms. The summed E-state index contributed by atoms with van der Waals surface area (Å²) >= 11 is 0. The van der Waals surface area contributed by atoms with Gasteiger partial charge in [0.05, 0.1) is 11.4 Å². The van der Waals surface area contributed by atoms with Crippen molar-refractivity contribution in [3.8, 4) is 5.69 Å². The van der Waals surface area contributed by atoms with E-state index in [4.69, 9.17) is 4.74 Å². The second-order valence-corrected chi connectivity index (χ2v) is 7.26. The number of carbonyl (C=O) groups excluding carboxylic acids is 1. The summed E-state index contributed by atoms with van der Waals surface area (Å²) in [6.07, 6.45) is 1.91. The predicted molar refractivity (Wildman–Crippen MR) is 105 cm³/mol. The largest absolute Gasteiger partial charge is 0.381 e. The predicted octanol–water partition coefficient (Wildman–Crippen LogP) is 3.06. The van der Waals surface area contributed by atoms with Gasteiger partial charge in [-0.25, -0.2) is 0 Å². The first-order valence-corrected chi connectivity index (χ1v) is 9.47. The Labute approximate surface area is 163 Å². The van der Waals surface area contributed by atoms with E-state index in [-0.39, 0.29) is 11.6 Å². The zero-order valence-electron chi connectivity index (χ0n) is 16.3. The van der Waals surface area contributed by atoms with Crippen molar-refractivity contribution < 1.29 is 9.53 Å². The Balaban J connectivity index is 1.51. The van der Waals surface area contributed by atoms with Gasteiger partial charge in [0.1, 0.15) is 0 Å². The molecule has 2 N–H and O–H groups in total. The maximum absolute atomic E-state index is 12.7. The lowest BCUT2D eigenvalue weighted by Gasteiger charge is -2.20. The number of anilines is 1. The van der Waals surface area contributed by atoms with Gasteiger partial charge < -0.3 is 10.1 Å². The van der Waals surface area contributed by atoms with E-state index in [1.54, 1.807) is 6.92 Å². The first-order chi connectivity index (χ1) is 13.5. The SMILES string of the molecule is Cc1ccc(-n2nc(C)c(C(=O)Nc3cc(C4CCOCC4)[nH]n3)n2)c(C)c1. The molecule has 1 amide bonds. The molecule has 28 heavy (non-hydrogen) atoms. The average Bonchev–Trinajstić information content (AvgIpc) is 3.29. The molecule has 0 unspecified atom stereocenters. The lowest BCUT2D eigenvalue weighted by Crippen LogP contribution is -2.15. The third-order valence-corrected chi connectivity index (χ3v) is 5.07. The Morgan fingerprint density at radius 1 is 1.18 bits per heavy atom. The number of aromatic nitrogens is 5. The van der Waals surface area contributed by atoms with Crippen LogP contribution in [0.15, 0.2) is 24.3 Å². The Kier molecular flexibility index (Phi) is 4.95. The van der Waals surface area contributed by atoms with Crippen LogP contribution in [0.25, 0.3) is 5.69 Å². The number of aryl methyl sites for hydroxylation is 3. The molecule has 0 atom stereocenters. The third kappa shape index (κ3) is 3.68. The Morgan fingerprint density at radius 3 is 2.71 bits per heavy atom. The lowest BCUT2D eigenvalue weighted by atomic mass is 9.97. The number of ether oxygens (including phenoxy) is 1. The van der Waals surface area contributed by atoms with Gasteiger partial charge in [-0.05, 0) is 45.2 Å².